The van der Waals surface area contributed by atoms with Gasteiger partial charge in [0.05, 0.1) is 6.54 Å². The van der Waals surface area contributed by atoms with Gasteiger partial charge in [0.25, 0.3) is 5.91 Å². The molecule has 0 saturated carbocycles. The Balaban J connectivity index is 1.42. The smallest absolute Gasteiger partial charge is 0.310 e. The average Bonchev–Trinajstić information content (AvgIpc) is 3.18. The van der Waals surface area contributed by atoms with E-state index in [1.54, 1.807) is 11.9 Å². The lowest BCUT2D eigenvalue weighted by Crippen LogP contribution is -2.66. The Morgan fingerprint density at radius 3 is 2.52 bits per heavy atom. The fourth-order valence-electron chi connectivity index (χ4n) is 5.54. The first kappa shape index (κ1) is 22.1. The van der Waals surface area contributed by atoms with Gasteiger partial charge in [-0.15, -0.1) is 0 Å². The Kier molecular flexibility index (Phi) is 5.72. The van der Waals surface area contributed by atoms with Crippen LogP contribution in [0.1, 0.15) is 29.2 Å². The highest BCUT2D eigenvalue weighted by molar-refractivity contribution is 6.00. The normalized spacial score (nSPS) is 28.2. The number of carbonyl (C=O) groups is 2. The maximum absolute atomic E-state index is 13.8. The molecular weight excluding hydrogens is 414 g/mol. The summed E-state index contributed by atoms with van der Waals surface area (Å²) in [5, 5.41) is 3.61. The predicted molar refractivity (Wildman–Crippen MR) is 127 cm³/mol. The maximum atomic E-state index is 13.8. The molecule has 1 N–H and O–H groups in total. The molecule has 33 heavy (non-hydrogen) atoms. The average molecular weight is 448 g/mol. The summed E-state index contributed by atoms with van der Waals surface area (Å²) in [6, 6.07) is 16.0. The number of carbonyl (C=O) groups excluding carboxylic acids is 2. The van der Waals surface area contributed by atoms with E-state index in [2.05, 4.69) is 64.5 Å². The molecule has 3 aliphatic heterocycles. The van der Waals surface area contributed by atoms with Crippen LogP contribution in [0.5, 0.6) is 0 Å². The Labute approximate surface area is 195 Å². The zero-order chi connectivity index (χ0) is 23.3. The Hall–Kier alpha value is -2.74. The highest BCUT2D eigenvalue weighted by Crippen LogP contribution is 2.33. The summed E-state index contributed by atoms with van der Waals surface area (Å²) in [7, 11) is 1.80. The van der Waals surface area contributed by atoms with Crippen molar-refractivity contribution in [2.75, 3.05) is 20.1 Å². The predicted octanol–water partition coefficient (Wildman–Crippen LogP) is 2.73. The molecule has 7 heteroatoms. The van der Waals surface area contributed by atoms with Gasteiger partial charge in [-0.1, -0.05) is 61.0 Å². The Morgan fingerprint density at radius 1 is 1.00 bits per heavy atom. The van der Waals surface area contributed by atoms with Crippen LogP contribution in [0.4, 0.5) is 4.79 Å². The van der Waals surface area contributed by atoms with E-state index in [9.17, 15) is 9.59 Å². The van der Waals surface area contributed by atoms with Crippen molar-refractivity contribution < 1.29 is 9.59 Å². The summed E-state index contributed by atoms with van der Waals surface area (Å²) in [4.78, 5) is 34.9. The van der Waals surface area contributed by atoms with Gasteiger partial charge >= 0.3 is 6.03 Å². The van der Waals surface area contributed by atoms with Crippen LogP contribution < -0.4 is 5.32 Å². The molecule has 4 unspecified atom stereocenters. The van der Waals surface area contributed by atoms with E-state index in [0.717, 1.165) is 36.3 Å². The highest BCUT2D eigenvalue weighted by atomic mass is 16.2. The van der Waals surface area contributed by atoms with E-state index in [-0.39, 0.29) is 30.4 Å². The number of nitrogens with one attached hydrogen (secondary N) is 1. The van der Waals surface area contributed by atoms with Crippen molar-refractivity contribution in [2.24, 2.45) is 5.92 Å². The van der Waals surface area contributed by atoms with Crippen LogP contribution in [0.25, 0.3) is 0 Å². The highest BCUT2D eigenvalue weighted by Gasteiger charge is 2.56. The van der Waals surface area contributed by atoms with E-state index >= 15 is 0 Å². The number of nitrogens with zero attached hydrogens (tertiary/aromatic N) is 4. The van der Waals surface area contributed by atoms with Crippen molar-refractivity contribution in [3.8, 4) is 0 Å². The summed E-state index contributed by atoms with van der Waals surface area (Å²) >= 11 is 0. The summed E-state index contributed by atoms with van der Waals surface area (Å²) in [5.41, 5.74) is 4.48. The summed E-state index contributed by atoms with van der Waals surface area (Å²) in [5.74, 6) is 0.321. The van der Waals surface area contributed by atoms with Crippen LogP contribution in [0.3, 0.4) is 0 Å². The number of imide groups is 1. The first-order valence-corrected chi connectivity index (χ1v) is 11.8. The van der Waals surface area contributed by atoms with Gasteiger partial charge in [-0.2, -0.15) is 0 Å². The van der Waals surface area contributed by atoms with Crippen LogP contribution in [0.2, 0.25) is 0 Å². The molecule has 0 bridgehead atoms. The minimum absolute atomic E-state index is 0.0729. The van der Waals surface area contributed by atoms with Gasteiger partial charge in [0.2, 0.25) is 0 Å². The first-order chi connectivity index (χ1) is 15.8. The van der Waals surface area contributed by atoms with Crippen molar-refractivity contribution in [1.82, 2.24) is 24.9 Å². The van der Waals surface area contributed by atoms with E-state index in [1.807, 2.05) is 19.9 Å². The minimum atomic E-state index is -0.385. The van der Waals surface area contributed by atoms with Crippen LogP contribution in [0.15, 0.2) is 48.5 Å². The molecule has 0 spiro atoms. The molecule has 0 radical (unpaired) electrons. The van der Waals surface area contributed by atoms with Gasteiger partial charge in [0.15, 0.2) is 0 Å². The van der Waals surface area contributed by atoms with Gasteiger partial charge in [0.1, 0.15) is 18.5 Å². The maximum Gasteiger partial charge on any atom is 0.328 e. The fourth-order valence-corrected chi connectivity index (χ4v) is 5.54. The number of benzene rings is 2. The number of fused-ring (bicyclic) bond motifs is 3. The number of hydrogen-bond donors (Lipinski definition) is 1. The second-order valence-corrected chi connectivity index (χ2v) is 9.89. The number of likely N-dealkylation sites (N-methyl/N-ethyl adjacent to an activating group) is 1. The molecule has 3 fully saturated rings. The van der Waals surface area contributed by atoms with Gasteiger partial charge < -0.3 is 4.90 Å². The molecule has 174 valence electrons. The van der Waals surface area contributed by atoms with Gasteiger partial charge in [-0.3, -0.25) is 24.8 Å². The third-order valence-electron chi connectivity index (χ3n) is 7.24. The lowest BCUT2D eigenvalue weighted by atomic mass is 10.0. The summed E-state index contributed by atoms with van der Waals surface area (Å²) in [6.45, 7) is 9.18. The molecular formula is C26H33N5O2. The zero-order valence-corrected chi connectivity index (χ0v) is 19.9. The van der Waals surface area contributed by atoms with Crippen molar-refractivity contribution in [3.63, 3.8) is 0 Å². The van der Waals surface area contributed by atoms with Gasteiger partial charge in [-0.25, -0.2) is 4.79 Å². The molecule has 2 aromatic rings. The number of rotatable bonds is 4. The molecule has 3 heterocycles. The summed E-state index contributed by atoms with van der Waals surface area (Å²) in [6.07, 6.45) is -0.398. The van der Waals surface area contributed by atoms with Crippen LogP contribution >= 0.6 is 0 Å². The van der Waals surface area contributed by atoms with Crippen LogP contribution in [-0.4, -0.2) is 70.2 Å². The van der Waals surface area contributed by atoms with E-state index in [1.165, 1.54) is 10.5 Å². The van der Waals surface area contributed by atoms with E-state index in [4.69, 9.17) is 0 Å². The molecule has 3 amide bonds. The van der Waals surface area contributed by atoms with Crippen molar-refractivity contribution in [1.29, 1.82) is 0 Å². The first-order valence-electron chi connectivity index (χ1n) is 11.8. The number of urea groups is 1. The van der Waals surface area contributed by atoms with Crippen molar-refractivity contribution >= 4 is 11.9 Å². The van der Waals surface area contributed by atoms with E-state index < -0.39 is 0 Å². The second kappa shape index (κ2) is 8.56. The molecule has 0 aliphatic carbocycles. The van der Waals surface area contributed by atoms with Crippen LogP contribution in [0, 0.1) is 19.8 Å². The quantitative estimate of drug-likeness (QED) is 0.781. The molecule has 2 aromatic carbocycles. The number of hydrogen-bond acceptors (Lipinski definition) is 5. The van der Waals surface area contributed by atoms with Gasteiger partial charge in [0, 0.05) is 26.7 Å². The van der Waals surface area contributed by atoms with E-state index in [0.29, 0.717) is 12.5 Å². The largest absolute Gasteiger partial charge is 0.328 e. The van der Waals surface area contributed by atoms with Crippen LogP contribution in [-0.2, 0) is 17.9 Å². The SMILES string of the molecule is Cc1ccc(C)c(CN2C(=O)C3C(NC4N(Cc5ccccc5)CC(C)CN34)N(C)C2=O)c1. The molecule has 0 aromatic heterocycles. The lowest BCUT2D eigenvalue weighted by Gasteiger charge is -2.45. The zero-order valence-electron chi connectivity index (χ0n) is 19.9. The fraction of sp³-hybridized carbons (Fsp3) is 0.462. The molecule has 5 rings (SSSR count). The molecule has 7 nitrogen and oxygen atoms in total. The van der Waals surface area contributed by atoms with Crippen molar-refractivity contribution in [2.45, 2.75) is 52.4 Å². The standard InChI is InChI=1S/C26H33N5O2/c1-17-10-11-19(3)21(12-17)16-31-24(32)22-23(28(4)26(31)33)27-25-29(13-18(2)14-30(22)25)15-20-8-6-5-7-9-20/h5-12,18,22-23,25,27H,13-16H2,1-4H3. The van der Waals surface area contributed by atoms with Gasteiger partial charge in [-0.05, 0) is 36.5 Å². The topological polar surface area (TPSA) is 59.1 Å². The lowest BCUT2D eigenvalue weighted by molar-refractivity contribution is -0.141. The number of amides is 3. The minimum Gasteiger partial charge on any atom is -0.310 e. The third-order valence-corrected chi connectivity index (χ3v) is 7.24. The Bertz CT molecular complexity index is 1060. The Morgan fingerprint density at radius 2 is 1.76 bits per heavy atom. The third kappa shape index (κ3) is 3.94. The molecule has 3 aliphatic rings. The van der Waals surface area contributed by atoms with Crippen molar-refractivity contribution in [3.05, 3.63) is 70.8 Å². The molecule has 4 atom stereocenters. The number of aryl methyl sites for hydroxylation is 2. The monoisotopic (exact) mass is 447 g/mol. The summed E-state index contributed by atoms with van der Waals surface area (Å²) < 4.78 is 0. The second-order valence-electron chi connectivity index (χ2n) is 9.89. The molecule has 3 saturated heterocycles.